The number of anilines is 1. The van der Waals surface area contributed by atoms with Gasteiger partial charge in [0.25, 0.3) is 10.0 Å². The molecule has 3 nitrogen and oxygen atoms in total. The maximum Gasteiger partial charge on any atom is 0.273 e. The normalized spacial score (nSPS) is 11.4. The highest BCUT2D eigenvalue weighted by atomic mass is 79.9. The quantitative estimate of drug-likeness (QED) is 0.865. The second-order valence-corrected chi connectivity index (χ2v) is 8.03. The van der Waals surface area contributed by atoms with Crippen molar-refractivity contribution in [1.29, 1.82) is 0 Å². The smallest absolute Gasteiger partial charge is 0.269 e. The lowest BCUT2D eigenvalue weighted by Gasteiger charge is -2.18. The fourth-order valence-corrected chi connectivity index (χ4v) is 4.72. The van der Waals surface area contributed by atoms with Crippen molar-refractivity contribution in [3.63, 3.8) is 0 Å². The van der Waals surface area contributed by atoms with E-state index in [9.17, 15) is 8.42 Å². The minimum atomic E-state index is -3.45. The van der Waals surface area contributed by atoms with Crippen LogP contribution in [0.25, 0.3) is 0 Å². The van der Waals surface area contributed by atoms with Crippen LogP contribution in [0.4, 0.5) is 5.69 Å². The molecule has 0 atom stereocenters. The zero-order chi connectivity index (χ0) is 12.5. The van der Waals surface area contributed by atoms with Crippen LogP contribution in [-0.2, 0) is 10.0 Å². The van der Waals surface area contributed by atoms with E-state index in [1.165, 1.54) is 15.6 Å². The number of para-hydroxylation sites is 1. The molecule has 0 saturated heterocycles. The third-order valence-electron chi connectivity index (χ3n) is 2.28. The molecule has 0 saturated carbocycles. The molecule has 1 aromatic heterocycles. The van der Waals surface area contributed by atoms with E-state index in [2.05, 4.69) is 15.9 Å². The average molecular weight is 332 g/mol. The second kappa shape index (κ2) is 4.80. The van der Waals surface area contributed by atoms with Gasteiger partial charge in [-0.1, -0.05) is 18.2 Å². The molecule has 1 heterocycles. The molecule has 17 heavy (non-hydrogen) atoms. The first-order valence-electron chi connectivity index (χ1n) is 4.81. The molecule has 0 aliphatic carbocycles. The van der Waals surface area contributed by atoms with Crippen molar-refractivity contribution in [2.75, 3.05) is 11.4 Å². The van der Waals surface area contributed by atoms with Crippen LogP contribution in [0.5, 0.6) is 0 Å². The Labute approximate surface area is 113 Å². The number of hydrogen-bond donors (Lipinski definition) is 0. The summed E-state index contributed by atoms with van der Waals surface area (Å²) in [6.45, 7) is 0. The molecule has 0 aliphatic heterocycles. The molecule has 6 heteroatoms. The number of thiophene rings is 1. The van der Waals surface area contributed by atoms with Gasteiger partial charge in [0.2, 0.25) is 0 Å². The first kappa shape index (κ1) is 12.6. The van der Waals surface area contributed by atoms with Gasteiger partial charge in [0.1, 0.15) is 4.21 Å². The van der Waals surface area contributed by atoms with Crippen LogP contribution in [0.15, 0.2) is 50.5 Å². The molecule has 0 N–H and O–H groups in total. The summed E-state index contributed by atoms with van der Waals surface area (Å²) in [4.78, 5) is 0. The molecule has 0 aliphatic rings. The summed E-state index contributed by atoms with van der Waals surface area (Å²) >= 11 is 4.47. The summed E-state index contributed by atoms with van der Waals surface area (Å²) in [6.07, 6.45) is 0. The van der Waals surface area contributed by atoms with Crippen LogP contribution in [0, 0.1) is 0 Å². The third-order valence-corrected chi connectivity index (χ3v) is 6.16. The molecule has 0 spiro atoms. The first-order chi connectivity index (χ1) is 8.01. The summed E-state index contributed by atoms with van der Waals surface area (Å²) in [6, 6.07) is 12.3. The van der Waals surface area contributed by atoms with Crippen LogP contribution in [0.2, 0.25) is 0 Å². The number of halogens is 1. The van der Waals surface area contributed by atoms with Gasteiger partial charge in [-0.25, -0.2) is 8.42 Å². The van der Waals surface area contributed by atoms with E-state index in [-0.39, 0.29) is 0 Å². The van der Waals surface area contributed by atoms with E-state index in [1.54, 1.807) is 31.3 Å². The van der Waals surface area contributed by atoms with Gasteiger partial charge in [-0.2, -0.15) is 0 Å². The topological polar surface area (TPSA) is 37.4 Å². The Morgan fingerprint density at radius 2 is 1.76 bits per heavy atom. The molecule has 0 unspecified atom stereocenters. The van der Waals surface area contributed by atoms with Gasteiger partial charge in [0, 0.05) is 7.05 Å². The van der Waals surface area contributed by atoms with E-state index >= 15 is 0 Å². The summed E-state index contributed by atoms with van der Waals surface area (Å²) < 4.78 is 26.9. The Bertz CT molecular complexity index is 607. The van der Waals surface area contributed by atoms with Crippen molar-refractivity contribution < 1.29 is 8.42 Å². The summed E-state index contributed by atoms with van der Waals surface area (Å²) in [7, 11) is -1.90. The number of benzene rings is 1. The molecule has 2 aromatic rings. The second-order valence-electron chi connectivity index (χ2n) is 3.37. The van der Waals surface area contributed by atoms with Gasteiger partial charge in [0.05, 0.1) is 9.47 Å². The standard InChI is InChI=1S/C11H10BrNO2S2/c1-13(9-5-3-2-4-6-9)17(14,15)11-8-7-10(12)16-11/h2-8H,1H3. The van der Waals surface area contributed by atoms with Crippen molar-refractivity contribution in [1.82, 2.24) is 0 Å². The summed E-state index contributed by atoms with van der Waals surface area (Å²) in [5, 5.41) is 0. The lowest BCUT2D eigenvalue weighted by molar-refractivity contribution is 0.596. The predicted octanol–water partition coefficient (Wildman–Crippen LogP) is 3.34. The number of nitrogens with zero attached hydrogens (tertiary/aromatic N) is 1. The molecule has 0 fully saturated rings. The van der Waals surface area contributed by atoms with Crippen LogP contribution >= 0.6 is 27.3 Å². The Hall–Kier alpha value is -0.850. The molecule has 0 bridgehead atoms. The van der Waals surface area contributed by atoms with Gasteiger partial charge in [0.15, 0.2) is 0 Å². The highest BCUT2D eigenvalue weighted by Gasteiger charge is 2.22. The molecular weight excluding hydrogens is 322 g/mol. The summed E-state index contributed by atoms with van der Waals surface area (Å²) in [5.74, 6) is 0. The average Bonchev–Trinajstić information content (AvgIpc) is 2.77. The molecular formula is C11H10BrNO2S2. The van der Waals surface area contributed by atoms with Crippen molar-refractivity contribution in [2.24, 2.45) is 0 Å². The van der Waals surface area contributed by atoms with E-state index in [4.69, 9.17) is 0 Å². The lowest BCUT2D eigenvalue weighted by atomic mass is 10.3. The highest BCUT2D eigenvalue weighted by Crippen LogP contribution is 2.29. The van der Waals surface area contributed by atoms with Crippen LogP contribution in [0.1, 0.15) is 0 Å². The Kier molecular flexibility index (Phi) is 3.56. The van der Waals surface area contributed by atoms with Crippen molar-refractivity contribution in [2.45, 2.75) is 4.21 Å². The molecule has 2 rings (SSSR count). The monoisotopic (exact) mass is 331 g/mol. The van der Waals surface area contributed by atoms with Gasteiger partial charge < -0.3 is 0 Å². The van der Waals surface area contributed by atoms with Crippen molar-refractivity contribution in [3.8, 4) is 0 Å². The van der Waals surface area contributed by atoms with Gasteiger partial charge in [-0.05, 0) is 40.2 Å². The molecule has 0 radical (unpaired) electrons. The number of sulfonamides is 1. The SMILES string of the molecule is CN(c1ccccc1)S(=O)(=O)c1ccc(Br)s1. The Balaban J connectivity index is 2.40. The van der Waals surface area contributed by atoms with Gasteiger partial charge in [-0.3, -0.25) is 4.31 Å². The lowest BCUT2D eigenvalue weighted by Crippen LogP contribution is -2.25. The van der Waals surface area contributed by atoms with E-state index in [1.807, 2.05) is 18.2 Å². The summed E-state index contributed by atoms with van der Waals surface area (Å²) in [5.41, 5.74) is 0.650. The predicted molar refractivity (Wildman–Crippen MR) is 74.0 cm³/mol. The van der Waals surface area contributed by atoms with Crippen LogP contribution in [-0.4, -0.2) is 15.5 Å². The van der Waals surface area contributed by atoms with Crippen LogP contribution in [0.3, 0.4) is 0 Å². The highest BCUT2D eigenvalue weighted by molar-refractivity contribution is 9.11. The molecule has 90 valence electrons. The van der Waals surface area contributed by atoms with E-state index in [0.29, 0.717) is 9.90 Å². The fraction of sp³-hybridized carbons (Fsp3) is 0.0909. The number of hydrogen-bond acceptors (Lipinski definition) is 3. The first-order valence-corrected chi connectivity index (χ1v) is 7.86. The van der Waals surface area contributed by atoms with Crippen LogP contribution < -0.4 is 4.31 Å². The van der Waals surface area contributed by atoms with E-state index < -0.39 is 10.0 Å². The maximum atomic E-state index is 12.3. The van der Waals surface area contributed by atoms with E-state index in [0.717, 1.165) is 3.79 Å². The minimum Gasteiger partial charge on any atom is -0.269 e. The molecule has 0 amide bonds. The van der Waals surface area contributed by atoms with Crippen molar-refractivity contribution >= 4 is 43.0 Å². The number of rotatable bonds is 3. The Morgan fingerprint density at radius 3 is 2.29 bits per heavy atom. The Morgan fingerprint density at radius 1 is 1.12 bits per heavy atom. The molecule has 1 aromatic carbocycles. The third kappa shape index (κ3) is 2.53. The minimum absolute atomic E-state index is 0.329. The van der Waals surface area contributed by atoms with Crippen molar-refractivity contribution in [3.05, 3.63) is 46.3 Å². The largest absolute Gasteiger partial charge is 0.273 e. The zero-order valence-corrected chi connectivity index (χ0v) is 12.2. The van der Waals surface area contributed by atoms with Gasteiger partial charge in [-0.15, -0.1) is 11.3 Å². The zero-order valence-electron chi connectivity index (χ0n) is 9.00. The van der Waals surface area contributed by atoms with Gasteiger partial charge >= 0.3 is 0 Å². The maximum absolute atomic E-state index is 12.3. The fourth-order valence-electron chi connectivity index (χ4n) is 1.35.